The summed E-state index contributed by atoms with van der Waals surface area (Å²) in [6, 6.07) is 10.8. The number of hydrogen-bond acceptors (Lipinski definition) is 2. The molecule has 0 aromatic heterocycles. The molecule has 0 heterocycles. The number of carbonyl (C=O) groups is 1. The van der Waals surface area contributed by atoms with E-state index in [9.17, 15) is 13.6 Å². The summed E-state index contributed by atoms with van der Waals surface area (Å²) in [6.07, 6.45) is 0.00170. The number of carbonyl (C=O) groups excluding carboxylic acids is 1. The van der Waals surface area contributed by atoms with Crippen LogP contribution in [-0.4, -0.2) is 12.5 Å². The predicted molar refractivity (Wildman–Crippen MR) is 76.3 cm³/mol. The van der Waals surface area contributed by atoms with E-state index < -0.39 is 23.2 Å². The van der Waals surface area contributed by atoms with Crippen LogP contribution in [-0.2, 0) is 4.79 Å². The molecule has 0 saturated carbocycles. The van der Waals surface area contributed by atoms with Crippen molar-refractivity contribution in [3.8, 4) is 5.75 Å². The molecule has 0 aliphatic carbocycles. The monoisotopic (exact) mass is 291 g/mol. The third-order valence-electron chi connectivity index (χ3n) is 2.81. The van der Waals surface area contributed by atoms with Crippen molar-refractivity contribution < 1.29 is 18.3 Å². The van der Waals surface area contributed by atoms with Gasteiger partial charge in [0.25, 0.3) is 0 Å². The standard InChI is InChI=1S/C16H15F2NO2/c1-11-4-2-5-12(10-11)21-9-8-15(20)19-16-13(17)6-3-7-14(16)18/h2-7,10H,8-9H2,1H3,(H,19,20). The molecule has 2 rings (SSSR count). The van der Waals surface area contributed by atoms with Crippen LogP contribution >= 0.6 is 0 Å². The zero-order chi connectivity index (χ0) is 15.2. The zero-order valence-corrected chi connectivity index (χ0v) is 11.5. The Balaban J connectivity index is 1.85. The highest BCUT2D eigenvalue weighted by Crippen LogP contribution is 2.18. The van der Waals surface area contributed by atoms with Gasteiger partial charge in [0, 0.05) is 0 Å². The fraction of sp³-hybridized carbons (Fsp3) is 0.188. The lowest BCUT2D eigenvalue weighted by atomic mass is 10.2. The summed E-state index contributed by atoms with van der Waals surface area (Å²) in [4.78, 5) is 11.6. The van der Waals surface area contributed by atoms with E-state index in [1.54, 1.807) is 6.07 Å². The van der Waals surface area contributed by atoms with Crippen molar-refractivity contribution in [2.45, 2.75) is 13.3 Å². The first-order valence-electron chi connectivity index (χ1n) is 6.49. The van der Waals surface area contributed by atoms with E-state index in [0.717, 1.165) is 17.7 Å². The molecule has 0 bridgehead atoms. The van der Waals surface area contributed by atoms with Gasteiger partial charge < -0.3 is 10.1 Å². The van der Waals surface area contributed by atoms with Gasteiger partial charge in [-0.1, -0.05) is 18.2 Å². The van der Waals surface area contributed by atoms with Crippen molar-refractivity contribution >= 4 is 11.6 Å². The molecule has 0 spiro atoms. The fourth-order valence-corrected chi connectivity index (χ4v) is 1.79. The molecule has 110 valence electrons. The molecular weight excluding hydrogens is 276 g/mol. The van der Waals surface area contributed by atoms with Crippen LogP contribution in [0.2, 0.25) is 0 Å². The van der Waals surface area contributed by atoms with Crippen molar-refractivity contribution in [1.82, 2.24) is 0 Å². The van der Waals surface area contributed by atoms with Crippen LogP contribution in [0.3, 0.4) is 0 Å². The maximum atomic E-state index is 13.4. The first-order valence-corrected chi connectivity index (χ1v) is 6.49. The molecular formula is C16H15F2NO2. The Morgan fingerprint density at radius 2 is 1.81 bits per heavy atom. The third kappa shape index (κ3) is 4.27. The molecule has 0 saturated heterocycles. The summed E-state index contributed by atoms with van der Waals surface area (Å²) in [6.45, 7) is 2.06. The van der Waals surface area contributed by atoms with Gasteiger partial charge in [-0.25, -0.2) is 8.78 Å². The van der Waals surface area contributed by atoms with E-state index in [-0.39, 0.29) is 13.0 Å². The number of nitrogens with one attached hydrogen (secondary N) is 1. The SMILES string of the molecule is Cc1cccc(OCCC(=O)Nc2c(F)cccc2F)c1. The van der Waals surface area contributed by atoms with E-state index in [1.807, 2.05) is 25.1 Å². The number of benzene rings is 2. The molecule has 0 fully saturated rings. The molecule has 1 N–H and O–H groups in total. The molecule has 1 amide bonds. The Hall–Kier alpha value is -2.43. The van der Waals surface area contributed by atoms with Crippen LogP contribution in [0.15, 0.2) is 42.5 Å². The molecule has 5 heteroatoms. The summed E-state index contributed by atoms with van der Waals surface area (Å²) >= 11 is 0. The lowest BCUT2D eigenvalue weighted by molar-refractivity contribution is -0.116. The smallest absolute Gasteiger partial charge is 0.227 e. The van der Waals surface area contributed by atoms with E-state index in [0.29, 0.717) is 5.75 Å². The second kappa shape index (κ2) is 6.83. The van der Waals surface area contributed by atoms with E-state index in [1.165, 1.54) is 6.07 Å². The highest BCUT2D eigenvalue weighted by molar-refractivity contribution is 5.91. The second-order valence-electron chi connectivity index (χ2n) is 4.56. The molecule has 0 aliphatic heterocycles. The number of anilines is 1. The fourth-order valence-electron chi connectivity index (χ4n) is 1.79. The molecule has 3 nitrogen and oxygen atoms in total. The van der Waals surface area contributed by atoms with Crippen LogP contribution < -0.4 is 10.1 Å². The van der Waals surface area contributed by atoms with E-state index in [4.69, 9.17) is 4.74 Å². The normalized spacial score (nSPS) is 10.2. The van der Waals surface area contributed by atoms with Crippen molar-refractivity contribution in [3.63, 3.8) is 0 Å². The van der Waals surface area contributed by atoms with Gasteiger partial charge >= 0.3 is 0 Å². The van der Waals surface area contributed by atoms with E-state index in [2.05, 4.69) is 5.32 Å². The maximum absolute atomic E-state index is 13.4. The predicted octanol–water partition coefficient (Wildman–Crippen LogP) is 3.68. The maximum Gasteiger partial charge on any atom is 0.227 e. The number of halogens is 2. The first-order chi connectivity index (χ1) is 10.1. The first kappa shape index (κ1) is 15.0. The Morgan fingerprint density at radius 3 is 2.48 bits per heavy atom. The van der Waals surface area contributed by atoms with Gasteiger partial charge in [-0.15, -0.1) is 0 Å². The number of para-hydroxylation sites is 1. The summed E-state index contributed by atoms with van der Waals surface area (Å²) in [5.41, 5.74) is 0.614. The van der Waals surface area contributed by atoms with Crippen molar-refractivity contribution in [2.75, 3.05) is 11.9 Å². The van der Waals surface area contributed by atoms with Gasteiger partial charge in [0.1, 0.15) is 23.1 Å². The highest BCUT2D eigenvalue weighted by Gasteiger charge is 2.11. The average molecular weight is 291 g/mol. The minimum Gasteiger partial charge on any atom is -0.493 e. The lowest BCUT2D eigenvalue weighted by Gasteiger charge is -2.09. The summed E-state index contributed by atoms with van der Waals surface area (Å²) in [5, 5.41) is 2.21. The van der Waals surface area contributed by atoms with Crippen molar-refractivity contribution in [3.05, 3.63) is 59.7 Å². The zero-order valence-electron chi connectivity index (χ0n) is 11.5. The van der Waals surface area contributed by atoms with Crippen LogP contribution in [0.1, 0.15) is 12.0 Å². The number of aryl methyl sites for hydroxylation is 1. The average Bonchev–Trinajstić information content (AvgIpc) is 2.43. The van der Waals surface area contributed by atoms with Crippen molar-refractivity contribution in [1.29, 1.82) is 0 Å². The molecule has 0 radical (unpaired) electrons. The minimum absolute atomic E-state index is 0.00170. The largest absolute Gasteiger partial charge is 0.493 e. The third-order valence-corrected chi connectivity index (χ3v) is 2.81. The Bertz CT molecular complexity index is 624. The molecule has 2 aromatic rings. The van der Waals surface area contributed by atoms with Crippen LogP contribution in [0.4, 0.5) is 14.5 Å². The number of rotatable bonds is 5. The van der Waals surface area contributed by atoms with Crippen LogP contribution in [0.5, 0.6) is 5.75 Å². The molecule has 21 heavy (non-hydrogen) atoms. The van der Waals surface area contributed by atoms with Crippen LogP contribution in [0, 0.1) is 18.6 Å². The lowest BCUT2D eigenvalue weighted by Crippen LogP contribution is -2.17. The number of amides is 1. The quantitative estimate of drug-likeness (QED) is 0.912. The Labute approximate surface area is 121 Å². The Morgan fingerprint density at radius 1 is 1.14 bits per heavy atom. The molecule has 0 unspecified atom stereocenters. The topological polar surface area (TPSA) is 38.3 Å². The van der Waals surface area contributed by atoms with Crippen LogP contribution in [0.25, 0.3) is 0 Å². The highest BCUT2D eigenvalue weighted by atomic mass is 19.1. The van der Waals surface area contributed by atoms with E-state index >= 15 is 0 Å². The number of ether oxygens (including phenoxy) is 1. The molecule has 2 aromatic carbocycles. The summed E-state index contributed by atoms with van der Waals surface area (Å²) in [7, 11) is 0. The Kier molecular flexibility index (Phi) is 4.87. The van der Waals surface area contributed by atoms with Crippen molar-refractivity contribution in [2.24, 2.45) is 0 Å². The van der Waals surface area contributed by atoms with Gasteiger partial charge in [-0.2, -0.15) is 0 Å². The van der Waals surface area contributed by atoms with Gasteiger partial charge in [0.2, 0.25) is 5.91 Å². The van der Waals surface area contributed by atoms with Gasteiger partial charge in [0.15, 0.2) is 0 Å². The number of hydrogen-bond donors (Lipinski definition) is 1. The van der Waals surface area contributed by atoms with Gasteiger partial charge in [-0.05, 0) is 36.8 Å². The second-order valence-corrected chi connectivity index (χ2v) is 4.56. The molecule has 0 atom stereocenters. The van der Waals surface area contributed by atoms with Gasteiger partial charge in [0.05, 0.1) is 13.0 Å². The summed E-state index contributed by atoms with van der Waals surface area (Å²) < 4.78 is 32.1. The molecule has 0 aliphatic rings. The summed E-state index contributed by atoms with van der Waals surface area (Å²) in [5.74, 6) is -1.46. The van der Waals surface area contributed by atoms with Gasteiger partial charge in [-0.3, -0.25) is 4.79 Å². The minimum atomic E-state index is -0.803.